The fourth-order valence-electron chi connectivity index (χ4n) is 4.29. The summed E-state index contributed by atoms with van der Waals surface area (Å²) in [6.45, 7) is 4.32. The van der Waals surface area contributed by atoms with Crippen molar-refractivity contribution in [2.24, 2.45) is 0 Å². The maximum Gasteiger partial charge on any atom is 0.146 e. The van der Waals surface area contributed by atoms with Crippen molar-refractivity contribution >= 4 is 22.4 Å². The molecule has 6 rings (SSSR count). The van der Waals surface area contributed by atoms with Crippen LogP contribution in [-0.2, 0) is 0 Å². The van der Waals surface area contributed by atoms with Crippen LogP contribution in [0.5, 0.6) is 0 Å². The molecule has 0 atom stereocenters. The van der Waals surface area contributed by atoms with Crippen LogP contribution in [0.15, 0.2) is 67.1 Å². The van der Waals surface area contributed by atoms with Gasteiger partial charge in [0.1, 0.15) is 16.9 Å². The van der Waals surface area contributed by atoms with Crippen molar-refractivity contribution in [3.63, 3.8) is 0 Å². The quantitative estimate of drug-likeness (QED) is 0.492. The lowest BCUT2D eigenvalue weighted by molar-refractivity contribution is 0.313. The summed E-state index contributed by atoms with van der Waals surface area (Å²) in [5, 5.41) is 7.71. The van der Waals surface area contributed by atoms with E-state index in [4.69, 9.17) is 4.98 Å². The minimum atomic E-state index is 0.872. The zero-order chi connectivity index (χ0) is 20.8. The number of piperazine rings is 1. The lowest BCUT2D eigenvalue weighted by atomic mass is 10.1. The van der Waals surface area contributed by atoms with Gasteiger partial charge < -0.3 is 14.2 Å². The highest BCUT2D eigenvalue weighted by Gasteiger charge is 2.16. The van der Waals surface area contributed by atoms with Crippen molar-refractivity contribution in [2.45, 2.75) is 0 Å². The second-order valence-electron chi connectivity index (χ2n) is 8.08. The van der Waals surface area contributed by atoms with Crippen molar-refractivity contribution in [1.29, 1.82) is 0 Å². The van der Waals surface area contributed by atoms with Crippen molar-refractivity contribution in [3.05, 3.63) is 67.1 Å². The van der Waals surface area contributed by atoms with E-state index in [2.05, 4.69) is 62.4 Å². The summed E-state index contributed by atoms with van der Waals surface area (Å²) >= 11 is 0. The van der Waals surface area contributed by atoms with Crippen LogP contribution in [0, 0.1) is 0 Å². The minimum absolute atomic E-state index is 0.872. The van der Waals surface area contributed by atoms with Gasteiger partial charge in [-0.25, -0.2) is 9.97 Å². The fraction of sp³-hybridized carbons (Fsp3) is 0.208. The summed E-state index contributed by atoms with van der Waals surface area (Å²) in [5.41, 5.74) is 7.79. The zero-order valence-electron chi connectivity index (χ0n) is 17.4. The second kappa shape index (κ2) is 7.21. The van der Waals surface area contributed by atoms with Crippen LogP contribution in [-0.4, -0.2) is 62.7 Å². The highest BCUT2D eigenvalue weighted by molar-refractivity contribution is 5.92. The van der Waals surface area contributed by atoms with Gasteiger partial charge in [0, 0.05) is 61.6 Å². The van der Waals surface area contributed by atoms with Crippen LogP contribution in [0.3, 0.4) is 0 Å². The summed E-state index contributed by atoms with van der Waals surface area (Å²) < 4.78 is 2.01. The van der Waals surface area contributed by atoms with Crippen molar-refractivity contribution < 1.29 is 0 Å². The van der Waals surface area contributed by atoms with Crippen molar-refractivity contribution in [3.8, 4) is 22.5 Å². The standard InChI is InChI=1S/C24H23N7/c1-29-13-15-30(16-14-29)18-6-4-17(5-7-18)22-23-21(27-28-22)9-8-20(26-23)19-3-2-11-31-12-10-25-24(19)31/h2-12H,13-16H2,1H3,(H,27,28). The molecule has 0 spiro atoms. The lowest BCUT2D eigenvalue weighted by Crippen LogP contribution is -2.44. The molecule has 1 aliphatic rings. The fourth-order valence-corrected chi connectivity index (χ4v) is 4.29. The van der Waals surface area contributed by atoms with Crippen LogP contribution < -0.4 is 4.90 Å². The number of benzene rings is 1. The van der Waals surface area contributed by atoms with Gasteiger partial charge in [0.25, 0.3) is 0 Å². The zero-order valence-corrected chi connectivity index (χ0v) is 17.4. The molecule has 0 amide bonds. The number of nitrogens with zero attached hydrogens (tertiary/aromatic N) is 6. The second-order valence-corrected chi connectivity index (χ2v) is 8.08. The van der Waals surface area contributed by atoms with Gasteiger partial charge >= 0.3 is 0 Å². The van der Waals surface area contributed by atoms with Gasteiger partial charge in [-0.3, -0.25) is 5.10 Å². The molecule has 1 fully saturated rings. The van der Waals surface area contributed by atoms with Crippen LogP contribution in [0.4, 0.5) is 5.69 Å². The van der Waals surface area contributed by atoms with Gasteiger partial charge in [-0.05, 0) is 43.4 Å². The molecule has 0 unspecified atom stereocenters. The highest BCUT2D eigenvalue weighted by Crippen LogP contribution is 2.30. The number of aromatic nitrogens is 5. The Morgan fingerprint density at radius 2 is 1.74 bits per heavy atom. The molecule has 1 aromatic carbocycles. The number of H-pyrrole nitrogens is 1. The summed E-state index contributed by atoms with van der Waals surface area (Å²) in [6.07, 6.45) is 5.75. The molecular formula is C24H23N7. The first kappa shape index (κ1) is 18.1. The summed E-state index contributed by atoms with van der Waals surface area (Å²) in [7, 11) is 2.18. The maximum atomic E-state index is 4.97. The molecule has 31 heavy (non-hydrogen) atoms. The largest absolute Gasteiger partial charge is 0.369 e. The number of aromatic amines is 1. The average Bonchev–Trinajstić information content (AvgIpc) is 3.46. The Hall–Kier alpha value is -3.71. The van der Waals surface area contributed by atoms with Crippen molar-refractivity contribution in [2.75, 3.05) is 38.1 Å². The van der Waals surface area contributed by atoms with Crippen LogP contribution in [0.25, 0.3) is 39.2 Å². The summed E-state index contributed by atoms with van der Waals surface area (Å²) in [4.78, 5) is 14.3. The smallest absolute Gasteiger partial charge is 0.146 e. The maximum absolute atomic E-state index is 4.97. The number of imidazole rings is 1. The molecule has 0 radical (unpaired) electrons. The number of hydrogen-bond donors (Lipinski definition) is 1. The molecule has 0 bridgehead atoms. The summed E-state index contributed by atoms with van der Waals surface area (Å²) in [6, 6.07) is 16.8. The van der Waals surface area contributed by atoms with Crippen LogP contribution in [0.2, 0.25) is 0 Å². The minimum Gasteiger partial charge on any atom is -0.369 e. The Morgan fingerprint density at radius 1 is 0.903 bits per heavy atom. The lowest BCUT2D eigenvalue weighted by Gasteiger charge is -2.34. The SMILES string of the molecule is CN1CCN(c2ccc(-c3n[nH]c4ccc(-c5cccn6ccnc56)nc34)cc2)CC1. The first-order valence-electron chi connectivity index (χ1n) is 10.6. The van der Waals surface area contributed by atoms with Gasteiger partial charge in [0.15, 0.2) is 0 Å². The van der Waals surface area contributed by atoms with E-state index in [-0.39, 0.29) is 0 Å². The number of anilines is 1. The van der Waals surface area contributed by atoms with Crippen molar-refractivity contribution in [1.82, 2.24) is 29.5 Å². The Bertz CT molecular complexity index is 1360. The van der Waals surface area contributed by atoms with Gasteiger partial charge in [-0.2, -0.15) is 5.10 Å². The Kier molecular flexibility index (Phi) is 4.21. The van der Waals surface area contributed by atoms with Gasteiger partial charge in [0.2, 0.25) is 0 Å². The third kappa shape index (κ3) is 3.14. The number of fused-ring (bicyclic) bond motifs is 2. The molecule has 0 saturated carbocycles. The Morgan fingerprint density at radius 3 is 2.58 bits per heavy atom. The van der Waals surface area contributed by atoms with Crippen LogP contribution >= 0.6 is 0 Å². The van der Waals surface area contributed by atoms with E-state index in [1.165, 1.54) is 5.69 Å². The molecule has 7 nitrogen and oxygen atoms in total. The molecule has 7 heteroatoms. The number of rotatable bonds is 3. The van der Waals surface area contributed by atoms with E-state index in [0.29, 0.717) is 0 Å². The van der Waals surface area contributed by atoms with Gasteiger partial charge in [0.05, 0.1) is 11.2 Å². The van der Waals surface area contributed by atoms with E-state index < -0.39 is 0 Å². The third-order valence-corrected chi connectivity index (χ3v) is 6.11. The van der Waals surface area contributed by atoms with E-state index in [1.54, 1.807) is 0 Å². The van der Waals surface area contributed by atoms with Gasteiger partial charge in [-0.1, -0.05) is 12.1 Å². The summed E-state index contributed by atoms with van der Waals surface area (Å²) in [5.74, 6) is 0. The molecule has 5 aromatic rings. The molecule has 1 N–H and O–H groups in total. The van der Waals surface area contributed by atoms with E-state index in [1.807, 2.05) is 41.2 Å². The Balaban J connectivity index is 1.37. The predicted molar refractivity (Wildman–Crippen MR) is 123 cm³/mol. The molecule has 154 valence electrons. The molecule has 1 saturated heterocycles. The molecule has 5 heterocycles. The molecule has 4 aromatic heterocycles. The normalized spacial score (nSPS) is 15.2. The number of pyridine rings is 2. The molecule has 0 aliphatic carbocycles. The first-order chi connectivity index (χ1) is 15.3. The molecule has 1 aliphatic heterocycles. The van der Waals surface area contributed by atoms with E-state index in [0.717, 1.165) is 65.4 Å². The van der Waals surface area contributed by atoms with Crippen LogP contribution in [0.1, 0.15) is 0 Å². The van der Waals surface area contributed by atoms with E-state index in [9.17, 15) is 0 Å². The van der Waals surface area contributed by atoms with E-state index >= 15 is 0 Å². The monoisotopic (exact) mass is 409 g/mol. The average molecular weight is 409 g/mol. The predicted octanol–water partition coefficient (Wildman–Crippen LogP) is 3.69. The third-order valence-electron chi connectivity index (χ3n) is 6.11. The van der Waals surface area contributed by atoms with Gasteiger partial charge in [-0.15, -0.1) is 0 Å². The Labute approximate surface area is 180 Å². The topological polar surface area (TPSA) is 65.3 Å². The first-order valence-corrected chi connectivity index (χ1v) is 10.6. The number of hydrogen-bond acceptors (Lipinski definition) is 5. The number of nitrogens with one attached hydrogen (secondary N) is 1. The highest BCUT2D eigenvalue weighted by atomic mass is 15.2. The number of likely N-dealkylation sites (N-methyl/N-ethyl adjacent to an activating group) is 1. The molecular weight excluding hydrogens is 386 g/mol.